The van der Waals surface area contributed by atoms with E-state index in [1.54, 1.807) is 6.07 Å². The molecule has 13 heavy (non-hydrogen) atoms. The Balaban J connectivity index is 2.89. The van der Waals surface area contributed by atoms with Gasteiger partial charge in [0.15, 0.2) is 0 Å². The highest BCUT2D eigenvalue weighted by Gasteiger charge is 2.03. The average molecular weight is 174 g/mol. The first-order valence-corrected chi connectivity index (χ1v) is 3.96. The lowest BCUT2D eigenvalue weighted by molar-refractivity contribution is 1.07. The number of nitrogen functional groups attached to an aromatic ring is 2. The maximum absolute atomic E-state index is 5.65. The summed E-state index contributed by atoms with van der Waals surface area (Å²) in [6.45, 7) is 1.91. The van der Waals surface area contributed by atoms with Crippen LogP contribution in [0.2, 0.25) is 0 Å². The van der Waals surface area contributed by atoms with Gasteiger partial charge in [0.1, 0.15) is 5.82 Å². The smallest absolute Gasteiger partial charge is 0.149 e. The average Bonchev–Trinajstić information content (AvgIpc) is 2.12. The minimum Gasteiger partial charge on any atom is -0.399 e. The van der Waals surface area contributed by atoms with E-state index in [0.717, 1.165) is 16.5 Å². The molecule has 66 valence electrons. The summed E-state index contributed by atoms with van der Waals surface area (Å²) in [4.78, 5) is 0. The van der Waals surface area contributed by atoms with Crippen molar-refractivity contribution in [2.24, 2.45) is 0 Å². The van der Waals surface area contributed by atoms with Crippen molar-refractivity contribution in [2.75, 3.05) is 11.5 Å². The van der Waals surface area contributed by atoms with Crippen LogP contribution >= 0.6 is 0 Å². The van der Waals surface area contributed by atoms with Crippen molar-refractivity contribution in [3.8, 4) is 0 Å². The number of rotatable bonds is 0. The highest BCUT2D eigenvalue weighted by atomic mass is 15.1. The fourth-order valence-corrected chi connectivity index (χ4v) is 1.26. The molecule has 0 saturated heterocycles. The van der Waals surface area contributed by atoms with Crippen LogP contribution in [0.1, 0.15) is 5.56 Å². The van der Waals surface area contributed by atoms with Crippen LogP contribution in [-0.2, 0) is 0 Å². The second-order valence-corrected chi connectivity index (χ2v) is 2.99. The molecule has 0 radical (unpaired) electrons. The van der Waals surface area contributed by atoms with Crippen LogP contribution in [0, 0.1) is 6.92 Å². The molecule has 2 aromatic rings. The molecule has 1 heterocycles. The highest BCUT2D eigenvalue weighted by molar-refractivity contribution is 5.86. The second-order valence-electron chi connectivity index (χ2n) is 2.99. The van der Waals surface area contributed by atoms with Gasteiger partial charge in [-0.1, -0.05) is 0 Å². The predicted molar refractivity (Wildman–Crippen MR) is 53.1 cm³/mol. The molecule has 1 aromatic heterocycles. The molecule has 0 fully saturated rings. The zero-order valence-electron chi connectivity index (χ0n) is 7.28. The molecule has 0 spiro atoms. The molecule has 0 atom stereocenters. The Hall–Kier alpha value is -1.84. The molecule has 0 saturated carbocycles. The molecule has 0 amide bonds. The van der Waals surface area contributed by atoms with E-state index < -0.39 is 0 Å². The SMILES string of the molecule is Cc1c(N)nnc2ccc(N)cc12. The van der Waals surface area contributed by atoms with Gasteiger partial charge < -0.3 is 11.5 Å². The second kappa shape index (κ2) is 2.58. The number of nitrogens with two attached hydrogens (primary N) is 2. The van der Waals surface area contributed by atoms with Crippen molar-refractivity contribution in [2.45, 2.75) is 6.92 Å². The summed E-state index contributed by atoms with van der Waals surface area (Å²) < 4.78 is 0. The van der Waals surface area contributed by atoms with Gasteiger partial charge in [-0.15, -0.1) is 10.2 Å². The molecule has 0 aliphatic carbocycles. The largest absolute Gasteiger partial charge is 0.399 e. The Morgan fingerprint density at radius 3 is 2.69 bits per heavy atom. The van der Waals surface area contributed by atoms with E-state index in [1.807, 2.05) is 19.1 Å². The molecular weight excluding hydrogens is 164 g/mol. The van der Waals surface area contributed by atoms with Crippen molar-refractivity contribution >= 4 is 22.4 Å². The third-order valence-electron chi connectivity index (χ3n) is 2.07. The van der Waals surface area contributed by atoms with Crippen LogP contribution in [0.4, 0.5) is 11.5 Å². The maximum atomic E-state index is 5.65. The predicted octanol–water partition coefficient (Wildman–Crippen LogP) is 1.10. The quantitative estimate of drug-likeness (QED) is 0.586. The Morgan fingerprint density at radius 2 is 1.92 bits per heavy atom. The first-order chi connectivity index (χ1) is 6.18. The topological polar surface area (TPSA) is 77.8 Å². The zero-order valence-corrected chi connectivity index (χ0v) is 7.28. The van der Waals surface area contributed by atoms with E-state index >= 15 is 0 Å². The fourth-order valence-electron chi connectivity index (χ4n) is 1.26. The first kappa shape index (κ1) is 7.79. The summed E-state index contributed by atoms with van der Waals surface area (Å²) in [6, 6.07) is 5.49. The Bertz CT molecular complexity index is 459. The van der Waals surface area contributed by atoms with Crippen molar-refractivity contribution in [1.29, 1.82) is 0 Å². The normalized spacial score (nSPS) is 10.5. The molecule has 0 aliphatic heterocycles. The molecule has 1 aromatic carbocycles. The molecule has 4 nitrogen and oxygen atoms in total. The van der Waals surface area contributed by atoms with Gasteiger partial charge in [0.25, 0.3) is 0 Å². The summed E-state index contributed by atoms with van der Waals surface area (Å²) >= 11 is 0. The minimum absolute atomic E-state index is 0.457. The fraction of sp³-hybridized carbons (Fsp3) is 0.111. The van der Waals surface area contributed by atoms with E-state index in [4.69, 9.17) is 11.5 Å². The van der Waals surface area contributed by atoms with Gasteiger partial charge in [-0.05, 0) is 25.1 Å². The monoisotopic (exact) mass is 174 g/mol. The van der Waals surface area contributed by atoms with Gasteiger partial charge in [0, 0.05) is 16.6 Å². The number of anilines is 2. The van der Waals surface area contributed by atoms with Crippen LogP contribution in [0.3, 0.4) is 0 Å². The molecule has 0 bridgehead atoms. The van der Waals surface area contributed by atoms with Gasteiger partial charge in [0.05, 0.1) is 5.52 Å². The Morgan fingerprint density at radius 1 is 1.15 bits per heavy atom. The number of fused-ring (bicyclic) bond motifs is 1. The van der Waals surface area contributed by atoms with Gasteiger partial charge in [-0.25, -0.2) is 0 Å². The van der Waals surface area contributed by atoms with Crippen LogP contribution in [-0.4, -0.2) is 10.2 Å². The third kappa shape index (κ3) is 1.16. The molecule has 0 unspecified atom stereocenters. The number of nitrogens with zero attached hydrogens (tertiary/aromatic N) is 2. The van der Waals surface area contributed by atoms with Crippen molar-refractivity contribution in [3.05, 3.63) is 23.8 Å². The molecule has 2 rings (SSSR count). The molecule has 0 aliphatic rings. The summed E-state index contributed by atoms with van der Waals surface area (Å²) in [6.07, 6.45) is 0. The number of aromatic nitrogens is 2. The summed E-state index contributed by atoms with van der Waals surface area (Å²) in [7, 11) is 0. The van der Waals surface area contributed by atoms with Gasteiger partial charge in [-0.2, -0.15) is 0 Å². The van der Waals surface area contributed by atoms with E-state index in [0.29, 0.717) is 11.5 Å². The van der Waals surface area contributed by atoms with E-state index in [-0.39, 0.29) is 0 Å². The number of hydrogen-bond acceptors (Lipinski definition) is 4. The lowest BCUT2D eigenvalue weighted by Crippen LogP contribution is -1.98. The maximum Gasteiger partial charge on any atom is 0.149 e. The highest BCUT2D eigenvalue weighted by Crippen LogP contribution is 2.21. The molecular formula is C9H10N4. The summed E-state index contributed by atoms with van der Waals surface area (Å²) in [5.74, 6) is 0.457. The molecule has 4 heteroatoms. The Labute approximate surface area is 75.6 Å². The van der Waals surface area contributed by atoms with Crippen LogP contribution in [0.15, 0.2) is 18.2 Å². The zero-order chi connectivity index (χ0) is 9.42. The number of hydrogen-bond donors (Lipinski definition) is 2. The minimum atomic E-state index is 0.457. The van der Waals surface area contributed by atoms with Crippen LogP contribution in [0.5, 0.6) is 0 Å². The summed E-state index contributed by atoms with van der Waals surface area (Å²) in [5, 5.41) is 8.74. The van der Waals surface area contributed by atoms with E-state index in [9.17, 15) is 0 Å². The van der Waals surface area contributed by atoms with Crippen LogP contribution < -0.4 is 11.5 Å². The Kier molecular flexibility index (Phi) is 1.55. The van der Waals surface area contributed by atoms with Crippen molar-refractivity contribution in [3.63, 3.8) is 0 Å². The lowest BCUT2D eigenvalue weighted by Gasteiger charge is -2.03. The van der Waals surface area contributed by atoms with Gasteiger partial charge in [-0.3, -0.25) is 0 Å². The third-order valence-corrected chi connectivity index (χ3v) is 2.07. The van der Waals surface area contributed by atoms with Gasteiger partial charge in [0.2, 0.25) is 0 Å². The number of aryl methyl sites for hydroxylation is 1. The molecule has 4 N–H and O–H groups in total. The van der Waals surface area contributed by atoms with Crippen LogP contribution in [0.25, 0.3) is 10.9 Å². The standard InChI is InChI=1S/C9H10N4/c1-5-7-4-6(10)2-3-8(7)12-13-9(5)11/h2-4H,10H2,1H3,(H2,11,13). The summed E-state index contributed by atoms with van der Waals surface area (Å²) in [5.41, 5.74) is 13.7. The van der Waals surface area contributed by atoms with E-state index in [1.165, 1.54) is 0 Å². The van der Waals surface area contributed by atoms with Crippen molar-refractivity contribution < 1.29 is 0 Å². The van der Waals surface area contributed by atoms with Crippen molar-refractivity contribution in [1.82, 2.24) is 10.2 Å². The number of benzene rings is 1. The van der Waals surface area contributed by atoms with E-state index in [2.05, 4.69) is 10.2 Å². The lowest BCUT2D eigenvalue weighted by atomic mass is 10.1. The first-order valence-electron chi connectivity index (χ1n) is 3.96. The van der Waals surface area contributed by atoms with Gasteiger partial charge >= 0.3 is 0 Å².